The zero-order chi connectivity index (χ0) is 14.5. The van der Waals surface area contributed by atoms with Gasteiger partial charge in [-0.2, -0.15) is 0 Å². The summed E-state index contributed by atoms with van der Waals surface area (Å²) in [7, 11) is 1.99. The van der Waals surface area contributed by atoms with Crippen molar-refractivity contribution in [1.82, 2.24) is 15.2 Å². The number of hydrogen-bond acceptors (Lipinski definition) is 5. The van der Waals surface area contributed by atoms with Crippen molar-refractivity contribution in [3.8, 4) is 0 Å². The van der Waals surface area contributed by atoms with Gasteiger partial charge in [-0.3, -0.25) is 4.90 Å². The molecule has 1 N–H and O–H groups in total. The van der Waals surface area contributed by atoms with Crippen LogP contribution in [0.25, 0.3) is 0 Å². The lowest BCUT2D eigenvalue weighted by Gasteiger charge is -2.34. The van der Waals surface area contributed by atoms with Crippen LogP contribution in [-0.4, -0.2) is 42.7 Å². The van der Waals surface area contributed by atoms with Gasteiger partial charge in [0.1, 0.15) is 11.1 Å². The Hall–Kier alpha value is -0.490. The van der Waals surface area contributed by atoms with Crippen LogP contribution in [0.1, 0.15) is 48.9 Å². The Bertz CT molecular complexity index is 396. The Labute approximate surface area is 126 Å². The molecule has 2 rings (SSSR count). The van der Waals surface area contributed by atoms with Crippen molar-refractivity contribution < 1.29 is 4.74 Å². The highest BCUT2D eigenvalue weighted by molar-refractivity contribution is 7.11. The molecule has 0 bridgehead atoms. The second kappa shape index (κ2) is 7.50. The van der Waals surface area contributed by atoms with E-state index in [9.17, 15) is 0 Å². The molecule has 1 unspecified atom stereocenters. The Morgan fingerprint density at radius 3 is 2.95 bits per heavy atom. The van der Waals surface area contributed by atoms with Crippen molar-refractivity contribution in [3.63, 3.8) is 0 Å². The molecule has 0 spiro atoms. The highest BCUT2D eigenvalue weighted by atomic mass is 32.1. The second-order valence-electron chi connectivity index (χ2n) is 5.65. The van der Waals surface area contributed by atoms with E-state index in [4.69, 9.17) is 9.72 Å². The van der Waals surface area contributed by atoms with Crippen molar-refractivity contribution in [2.45, 2.75) is 52.3 Å². The molecule has 1 aliphatic rings. The number of aryl methyl sites for hydroxylation is 1. The third-order valence-electron chi connectivity index (χ3n) is 3.72. The van der Waals surface area contributed by atoms with E-state index in [0.29, 0.717) is 6.04 Å². The molecule has 0 amide bonds. The van der Waals surface area contributed by atoms with Gasteiger partial charge in [0.05, 0.1) is 12.3 Å². The fourth-order valence-corrected chi connectivity index (χ4v) is 3.72. The number of rotatable bonds is 6. The molecular weight excluding hydrogens is 270 g/mol. The summed E-state index contributed by atoms with van der Waals surface area (Å²) in [4.78, 5) is 8.71. The van der Waals surface area contributed by atoms with Crippen molar-refractivity contribution in [2.24, 2.45) is 0 Å². The van der Waals surface area contributed by atoms with Crippen LogP contribution in [0.15, 0.2) is 0 Å². The van der Waals surface area contributed by atoms with E-state index in [1.54, 1.807) is 0 Å². The Morgan fingerprint density at radius 2 is 2.30 bits per heavy atom. The lowest BCUT2D eigenvalue weighted by Crippen LogP contribution is -2.42. The Kier molecular flexibility index (Phi) is 5.96. The molecule has 5 heteroatoms. The number of morpholine rings is 1. The van der Waals surface area contributed by atoms with Gasteiger partial charge in [0.2, 0.25) is 0 Å². The van der Waals surface area contributed by atoms with E-state index in [-0.39, 0.29) is 6.10 Å². The van der Waals surface area contributed by atoms with Crippen LogP contribution in [-0.2, 0) is 17.7 Å². The van der Waals surface area contributed by atoms with Crippen LogP contribution in [0.3, 0.4) is 0 Å². The molecule has 20 heavy (non-hydrogen) atoms. The fourth-order valence-electron chi connectivity index (χ4n) is 2.56. The molecule has 114 valence electrons. The first-order chi connectivity index (χ1) is 9.65. The van der Waals surface area contributed by atoms with Gasteiger partial charge in [-0.05, 0) is 27.3 Å². The molecule has 0 aromatic carbocycles. The standard InChI is InChI=1S/C15H27N3OS/c1-5-6-12-14(9-16-4)20-15(17-12)13-10-18(11(2)3)7-8-19-13/h11,13,16H,5-10H2,1-4H3. The normalized spacial score (nSPS) is 20.8. The number of ether oxygens (including phenoxy) is 1. The minimum atomic E-state index is 0.150. The quantitative estimate of drug-likeness (QED) is 0.876. The number of nitrogens with zero attached hydrogens (tertiary/aromatic N) is 2. The third kappa shape index (κ3) is 3.79. The molecule has 1 aliphatic heterocycles. The second-order valence-corrected chi connectivity index (χ2v) is 6.77. The van der Waals surface area contributed by atoms with Gasteiger partial charge in [-0.25, -0.2) is 4.98 Å². The molecule has 1 aromatic heterocycles. The minimum absolute atomic E-state index is 0.150. The molecule has 0 radical (unpaired) electrons. The predicted molar refractivity (Wildman–Crippen MR) is 84.3 cm³/mol. The van der Waals surface area contributed by atoms with Crippen LogP contribution in [0.4, 0.5) is 0 Å². The Morgan fingerprint density at radius 1 is 1.50 bits per heavy atom. The topological polar surface area (TPSA) is 37.4 Å². The van der Waals surface area contributed by atoms with E-state index in [0.717, 1.165) is 44.1 Å². The average molecular weight is 297 g/mol. The van der Waals surface area contributed by atoms with Gasteiger partial charge < -0.3 is 10.1 Å². The molecule has 1 atom stereocenters. The summed E-state index contributed by atoms with van der Waals surface area (Å²) in [5.41, 5.74) is 1.26. The number of hydrogen-bond donors (Lipinski definition) is 1. The summed E-state index contributed by atoms with van der Waals surface area (Å²) >= 11 is 1.82. The maximum Gasteiger partial charge on any atom is 0.123 e. The molecule has 1 aromatic rings. The van der Waals surface area contributed by atoms with Gasteiger partial charge in [0.15, 0.2) is 0 Å². The summed E-state index contributed by atoms with van der Waals surface area (Å²) in [5, 5.41) is 4.40. The molecule has 0 saturated carbocycles. The molecule has 1 fully saturated rings. The summed E-state index contributed by atoms with van der Waals surface area (Å²) < 4.78 is 5.95. The van der Waals surface area contributed by atoms with Crippen LogP contribution in [0.2, 0.25) is 0 Å². The highest BCUT2D eigenvalue weighted by Crippen LogP contribution is 2.30. The van der Waals surface area contributed by atoms with E-state index in [2.05, 4.69) is 31.0 Å². The zero-order valence-corrected chi connectivity index (χ0v) is 13.9. The maximum absolute atomic E-state index is 5.95. The van der Waals surface area contributed by atoms with Gasteiger partial charge in [0.25, 0.3) is 0 Å². The predicted octanol–water partition coefficient (Wildman–Crippen LogP) is 2.60. The minimum Gasteiger partial charge on any atom is -0.368 e. The van der Waals surface area contributed by atoms with Gasteiger partial charge in [0, 0.05) is 30.6 Å². The lowest BCUT2D eigenvalue weighted by molar-refractivity contribution is -0.0403. The van der Waals surface area contributed by atoms with E-state index in [1.807, 2.05) is 18.4 Å². The number of thiazole rings is 1. The van der Waals surface area contributed by atoms with Crippen molar-refractivity contribution in [3.05, 3.63) is 15.6 Å². The van der Waals surface area contributed by atoms with E-state index in [1.165, 1.54) is 10.6 Å². The molecule has 1 saturated heterocycles. The molecule has 4 nitrogen and oxygen atoms in total. The molecule has 0 aliphatic carbocycles. The van der Waals surface area contributed by atoms with Crippen LogP contribution >= 0.6 is 11.3 Å². The largest absolute Gasteiger partial charge is 0.368 e. The summed E-state index contributed by atoms with van der Waals surface area (Å²) in [6.45, 7) is 10.4. The first kappa shape index (κ1) is 15.9. The summed E-state index contributed by atoms with van der Waals surface area (Å²) in [6, 6.07) is 0.577. The molecule has 2 heterocycles. The van der Waals surface area contributed by atoms with Gasteiger partial charge in [-0.1, -0.05) is 13.3 Å². The zero-order valence-electron chi connectivity index (χ0n) is 13.1. The van der Waals surface area contributed by atoms with Crippen LogP contribution in [0.5, 0.6) is 0 Å². The SMILES string of the molecule is CCCc1nc(C2CN(C(C)C)CCO2)sc1CNC. The average Bonchev–Trinajstić information content (AvgIpc) is 2.83. The smallest absolute Gasteiger partial charge is 0.123 e. The maximum atomic E-state index is 5.95. The fraction of sp³-hybridized carbons (Fsp3) is 0.800. The van der Waals surface area contributed by atoms with Crippen molar-refractivity contribution in [2.75, 3.05) is 26.7 Å². The van der Waals surface area contributed by atoms with Gasteiger partial charge >= 0.3 is 0 Å². The van der Waals surface area contributed by atoms with Crippen molar-refractivity contribution in [1.29, 1.82) is 0 Å². The van der Waals surface area contributed by atoms with Crippen LogP contribution in [0, 0.1) is 0 Å². The highest BCUT2D eigenvalue weighted by Gasteiger charge is 2.26. The monoisotopic (exact) mass is 297 g/mol. The lowest BCUT2D eigenvalue weighted by atomic mass is 10.2. The third-order valence-corrected chi connectivity index (χ3v) is 4.91. The first-order valence-electron chi connectivity index (χ1n) is 7.64. The molecular formula is C15H27N3OS. The Balaban J connectivity index is 2.12. The van der Waals surface area contributed by atoms with E-state index >= 15 is 0 Å². The van der Waals surface area contributed by atoms with E-state index < -0.39 is 0 Å². The van der Waals surface area contributed by atoms with Gasteiger partial charge in [-0.15, -0.1) is 11.3 Å². The number of nitrogens with one attached hydrogen (secondary N) is 1. The van der Waals surface area contributed by atoms with Crippen molar-refractivity contribution >= 4 is 11.3 Å². The first-order valence-corrected chi connectivity index (χ1v) is 8.46. The van der Waals surface area contributed by atoms with Crippen LogP contribution < -0.4 is 5.32 Å². The summed E-state index contributed by atoms with van der Waals surface area (Å²) in [5.74, 6) is 0. The summed E-state index contributed by atoms with van der Waals surface area (Å²) in [6.07, 6.45) is 2.36. The number of aromatic nitrogens is 1.